The molecule has 3 atom stereocenters. The van der Waals surface area contributed by atoms with Crippen molar-refractivity contribution in [3.05, 3.63) is 77.9 Å². The first kappa shape index (κ1) is 30.1. The second-order valence-corrected chi connectivity index (χ2v) is 12.2. The summed E-state index contributed by atoms with van der Waals surface area (Å²) < 4.78 is 17.1. The number of alkyl carbamates (subject to hydrolysis) is 1. The molecule has 0 aromatic heterocycles. The number of aryl methyl sites for hydroxylation is 1. The maximum Gasteiger partial charge on any atom is 0.408 e. The van der Waals surface area contributed by atoms with Gasteiger partial charge in [0.15, 0.2) is 0 Å². The Morgan fingerprint density at radius 1 is 1.03 bits per heavy atom. The van der Waals surface area contributed by atoms with Crippen LogP contribution in [0.5, 0.6) is 0 Å². The van der Waals surface area contributed by atoms with E-state index < -0.39 is 40.5 Å². The van der Waals surface area contributed by atoms with Gasteiger partial charge in [-0.3, -0.25) is 13.8 Å². The van der Waals surface area contributed by atoms with Crippen molar-refractivity contribution in [3.8, 4) is 0 Å². The highest BCUT2D eigenvalue weighted by Crippen LogP contribution is 2.27. The third-order valence-corrected chi connectivity index (χ3v) is 7.05. The second-order valence-electron chi connectivity index (χ2n) is 10.6. The normalized spacial score (nSPS) is 15.3. The van der Waals surface area contributed by atoms with Gasteiger partial charge in [0.25, 0.3) is 5.91 Å². The van der Waals surface area contributed by atoms with Crippen LogP contribution in [0.15, 0.2) is 66.7 Å². The Kier molecular flexibility index (Phi) is 10.9. The Bertz CT molecular complexity index is 1190. The minimum absolute atomic E-state index is 0.149. The lowest BCUT2D eigenvalue weighted by Gasteiger charge is -2.25. The quantitative estimate of drug-likeness (QED) is 0.411. The lowest BCUT2D eigenvalue weighted by molar-refractivity contribution is -0.123. The number of rotatable bonds is 11. The van der Waals surface area contributed by atoms with Crippen molar-refractivity contribution in [2.24, 2.45) is 0 Å². The molecule has 8 nitrogen and oxygen atoms in total. The number of carbonyl (C=O) groups is 3. The number of nitrogens with one attached hydrogen (secondary N) is 2. The van der Waals surface area contributed by atoms with Crippen LogP contribution in [-0.2, 0) is 38.0 Å². The van der Waals surface area contributed by atoms with Gasteiger partial charge in [-0.1, -0.05) is 54.6 Å². The molecule has 3 rings (SSSR count). The zero-order chi connectivity index (χ0) is 28.4. The molecule has 0 saturated carbocycles. The standard InChI is InChI=1S/C30H39N3O5S/c1-30(2,3)38-29(36)32-25(19-21-39(4)37)28(35)31-24(15-14-22-10-6-5-7-11-22)16-17-27(34)33-20-18-23-12-8-9-13-26(23)33/h5-13,16-17,24-25H,14-15,18-21H2,1-4H3,(H,31,35)(H,32,36)/b17-16+/t24-,25-,39?/m0/s1. The van der Waals surface area contributed by atoms with Crippen LogP contribution < -0.4 is 15.5 Å². The number of anilines is 1. The molecule has 2 aromatic carbocycles. The number of amides is 3. The van der Waals surface area contributed by atoms with Crippen molar-refractivity contribution >= 4 is 34.4 Å². The van der Waals surface area contributed by atoms with Crippen LogP contribution in [0.3, 0.4) is 0 Å². The van der Waals surface area contributed by atoms with Crippen molar-refractivity contribution in [2.75, 3.05) is 23.5 Å². The second kappa shape index (κ2) is 14.1. The van der Waals surface area contributed by atoms with E-state index >= 15 is 0 Å². The van der Waals surface area contributed by atoms with Gasteiger partial charge in [0, 0.05) is 47.2 Å². The van der Waals surface area contributed by atoms with Crippen molar-refractivity contribution in [2.45, 2.75) is 64.1 Å². The molecular formula is C30H39N3O5S. The maximum absolute atomic E-state index is 13.3. The lowest BCUT2D eigenvalue weighted by atomic mass is 10.0. The van der Waals surface area contributed by atoms with Crippen molar-refractivity contribution in [1.29, 1.82) is 0 Å². The summed E-state index contributed by atoms with van der Waals surface area (Å²) >= 11 is 0. The molecule has 0 fully saturated rings. The van der Waals surface area contributed by atoms with Gasteiger partial charge < -0.3 is 20.3 Å². The van der Waals surface area contributed by atoms with Crippen LogP contribution in [-0.4, -0.2) is 58.4 Å². The highest BCUT2D eigenvalue weighted by atomic mass is 32.2. The average Bonchev–Trinajstić information content (AvgIpc) is 3.31. The van der Waals surface area contributed by atoms with E-state index in [2.05, 4.69) is 10.6 Å². The fourth-order valence-corrected chi connectivity index (χ4v) is 4.89. The molecule has 3 amide bonds. The molecule has 2 N–H and O–H groups in total. The van der Waals surface area contributed by atoms with E-state index in [1.165, 1.54) is 6.08 Å². The van der Waals surface area contributed by atoms with Crippen LogP contribution in [0.25, 0.3) is 0 Å². The summed E-state index contributed by atoms with van der Waals surface area (Å²) in [6.45, 7) is 5.83. The summed E-state index contributed by atoms with van der Waals surface area (Å²) in [5.74, 6) is -0.331. The number of ether oxygens (including phenoxy) is 1. The van der Waals surface area contributed by atoms with Crippen LogP contribution in [0.4, 0.5) is 10.5 Å². The first-order chi connectivity index (χ1) is 18.5. The molecule has 1 unspecified atom stereocenters. The van der Waals surface area contributed by atoms with Gasteiger partial charge >= 0.3 is 6.09 Å². The third-order valence-electron chi connectivity index (χ3n) is 6.24. The molecule has 1 aliphatic rings. The molecular weight excluding hydrogens is 514 g/mol. The van der Waals surface area contributed by atoms with Gasteiger partial charge in [-0.15, -0.1) is 0 Å². The summed E-state index contributed by atoms with van der Waals surface area (Å²) in [5.41, 5.74) is 2.42. The van der Waals surface area contributed by atoms with Crippen LogP contribution in [0, 0.1) is 0 Å². The number of hydrogen-bond acceptors (Lipinski definition) is 5. The Morgan fingerprint density at radius 3 is 2.41 bits per heavy atom. The van der Waals surface area contributed by atoms with E-state index in [0.717, 1.165) is 23.2 Å². The Hall–Kier alpha value is -3.46. The molecule has 0 spiro atoms. The number of benzene rings is 2. The average molecular weight is 554 g/mol. The molecule has 1 heterocycles. The first-order valence-electron chi connectivity index (χ1n) is 13.2. The number of nitrogens with zero attached hydrogens (tertiary/aromatic N) is 1. The molecule has 2 aromatic rings. The summed E-state index contributed by atoms with van der Waals surface area (Å²) in [7, 11) is -1.14. The van der Waals surface area contributed by atoms with E-state index in [1.807, 2.05) is 54.6 Å². The highest BCUT2D eigenvalue weighted by Gasteiger charge is 2.27. The Labute approximate surface area is 233 Å². The first-order valence-corrected chi connectivity index (χ1v) is 15.0. The number of para-hydroxylation sites is 1. The fraction of sp³-hybridized carbons (Fsp3) is 0.433. The van der Waals surface area contributed by atoms with Gasteiger partial charge in [-0.2, -0.15) is 0 Å². The molecule has 0 bridgehead atoms. The lowest BCUT2D eigenvalue weighted by Crippen LogP contribution is -2.51. The maximum atomic E-state index is 13.3. The van der Waals surface area contributed by atoms with Crippen molar-refractivity contribution < 1.29 is 23.3 Å². The van der Waals surface area contributed by atoms with E-state index in [4.69, 9.17) is 4.74 Å². The predicted octanol–water partition coefficient (Wildman–Crippen LogP) is 3.91. The molecule has 0 aliphatic carbocycles. The molecule has 210 valence electrons. The van der Waals surface area contributed by atoms with E-state index in [0.29, 0.717) is 19.4 Å². The smallest absolute Gasteiger partial charge is 0.408 e. The zero-order valence-electron chi connectivity index (χ0n) is 23.1. The number of hydrogen-bond donors (Lipinski definition) is 2. The van der Waals surface area contributed by atoms with Gasteiger partial charge in [0.2, 0.25) is 5.91 Å². The van der Waals surface area contributed by atoms with Gasteiger partial charge in [0.05, 0.1) is 0 Å². The van der Waals surface area contributed by atoms with E-state index in [1.54, 1.807) is 38.0 Å². The van der Waals surface area contributed by atoms with Gasteiger partial charge in [-0.25, -0.2) is 4.79 Å². The monoisotopic (exact) mass is 553 g/mol. The fourth-order valence-electron chi connectivity index (χ4n) is 4.32. The van der Waals surface area contributed by atoms with Crippen molar-refractivity contribution in [1.82, 2.24) is 10.6 Å². The topological polar surface area (TPSA) is 105 Å². The highest BCUT2D eigenvalue weighted by molar-refractivity contribution is 7.84. The van der Waals surface area contributed by atoms with Crippen LogP contribution in [0.2, 0.25) is 0 Å². The van der Waals surface area contributed by atoms with E-state index in [9.17, 15) is 18.6 Å². The van der Waals surface area contributed by atoms with Crippen LogP contribution in [0.1, 0.15) is 44.7 Å². The third kappa shape index (κ3) is 9.98. The zero-order valence-corrected chi connectivity index (χ0v) is 24.0. The molecule has 39 heavy (non-hydrogen) atoms. The molecule has 0 saturated heterocycles. The SMILES string of the molecule is CS(=O)CC[C@H](NC(=O)OC(C)(C)C)C(=O)N[C@H](/C=C/C(=O)N1CCc2ccccc21)CCc1ccccc1. The van der Waals surface area contributed by atoms with Crippen LogP contribution >= 0.6 is 0 Å². The summed E-state index contributed by atoms with van der Waals surface area (Å²) in [5, 5.41) is 5.60. The van der Waals surface area contributed by atoms with E-state index in [-0.39, 0.29) is 18.1 Å². The number of carbonyl (C=O) groups excluding carboxylic acids is 3. The van der Waals surface area contributed by atoms with Crippen molar-refractivity contribution in [3.63, 3.8) is 0 Å². The van der Waals surface area contributed by atoms with Gasteiger partial charge in [0.1, 0.15) is 11.6 Å². The molecule has 1 aliphatic heterocycles. The molecule has 9 heteroatoms. The Morgan fingerprint density at radius 2 is 1.72 bits per heavy atom. The minimum atomic E-state index is -1.14. The Balaban J connectivity index is 1.74. The van der Waals surface area contributed by atoms with Gasteiger partial charge in [-0.05, 0) is 63.6 Å². The minimum Gasteiger partial charge on any atom is -0.444 e. The molecule has 0 radical (unpaired) electrons. The summed E-state index contributed by atoms with van der Waals surface area (Å²) in [6.07, 6.45) is 6.28. The summed E-state index contributed by atoms with van der Waals surface area (Å²) in [6, 6.07) is 16.3. The number of fused-ring (bicyclic) bond motifs is 1. The predicted molar refractivity (Wildman–Crippen MR) is 155 cm³/mol. The summed E-state index contributed by atoms with van der Waals surface area (Å²) in [4.78, 5) is 40.6. The largest absolute Gasteiger partial charge is 0.444 e.